The van der Waals surface area contributed by atoms with Crippen molar-refractivity contribution in [1.29, 1.82) is 0 Å². The van der Waals surface area contributed by atoms with Crippen molar-refractivity contribution in [2.45, 2.75) is 20.0 Å². The summed E-state index contributed by atoms with van der Waals surface area (Å²) in [5.41, 5.74) is 2.70. The molecule has 0 amide bonds. The summed E-state index contributed by atoms with van der Waals surface area (Å²) < 4.78 is 11.4. The molecule has 0 unspecified atom stereocenters. The molecular formula is C17H15ClO3. The van der Waals surface area contributed by atoms with Gasteiger partial charge in [0.25, 0.3) is 0 Å². The van der Waals surface area contributed by atoms with E-state index in [2.05, 4.69) is 0 Å². The van der Waals surface area contributed by atoms with Gasteiger partial charge in [-0.3, -0.25) is 4.79 Å². The van der Waals surface area contributed by atoms with Gasteiger partial charge in [0.05, 0.1) is 6.61 Å². The molecule has 0 bridgehead atoms. The van der Waals surface area contributed by atoms with E-state index in [1.165, 1.54) is 6.92 Å². The minimum atomic E-state index is 0.0208. The lowest BCUT2D eigenvalue weighted by atomic mass is 10.1. The molecule has 3 nitrogen and oxygen atoms in total. The second-order valence-corrected chi connectivity index (χ2v) is 5.46. The lowest BCUT2D eigenvalue weighted by molar-refractivity contribution is 0.101. The smallest absolute Gasteiger partial charge is 0.159 e. The Hall–Kier alpha value is -2.00. The Labute approximate surface area is 128 Å². The van der Waals surface area contributed by atoms with E-state index in [0.29, 0.717) is 29.5 Å². The summed E-state index contributed by atoms with van der Waals surface area (Å²) in [5, 5.41) is 0.690. The van der Waals surface area contributed by atoms with Crippen molar-refractivity contribution < 1.29 is 14.3 Å². The predicted octanol–water partition coefficient (Wildman–Crippen LogP) is 4.06. The van der Waals surface area contributed by atoms with Crippen molar-refractivity contribution in [2.24, 2.45) is 0 Å². The van der Waals surface area contributed by atoms with Crippen LogP contribution in [-0.2, 0) is 13.0 Å². The quantitative estimate of drug-likeness (QED) is 0.799. The van der Waals surface area contributed by atoms with Gasteiger partial charge in [0.2, 0.25) is 0 Å². The second kappa shape index (κ2) is 5.78. The van der Waals surface area contributed by atoms with Gasteiger partial charge >= 0.3 is 0 Å². The third-order valence-electron chi connectivity index (χ3n) is 3.46. The van der Waals surface area contributed by atoms with E-state index in [-0.39, 0.29) is 5.78 Å². The van der Waals surface area contributed by atoms with Gasteiger partial charge in [-0.25, -0.2) is 0 Å². The van der Waals surface area contributed by atoms with Gasteiger partial charge in [0.15, 0.2) is 5.78 Å². The first kappa shape index (κ1) is 14.0. The minimum absolute atomic E-state index is 0.0208. The number of rotatable bonds is 4. The van der Waals surface area contributed by atoms with Gasteiger partial charge in [-0.2, -0.15) is 0 Å². The van der Waals surface area contributed by atoms with E-state index in [9.17, 15) is 4.79 Å². The Balaban J connectivity index is 1.79. The number of halogens is 1. The largest absolute Gasteiger partial charge is 0.493 e. The van der Waals surface area contributed by atoms with Crippen LogP contribution in [0.1, 0.15) is 28.4 Å². The highest BCUT2D eigenvalue weighted by Crippen LogP contribution is 2.33. The molecule has 108 valence electrons. The van der Waals surface area contributed by atoms with E-state index in [1.54, 1.807) is 12.1 Å². The molecule has 0 radical (unpaired) electrons. The number of carbonyl (C=O) groups is 1. The number of ketones is 1. The zero-order valence-electron chi connectivity index (χ0n) is 11.7. The Morgan fingerprint density at radius 3 is 3.00 bits per heavy atom. The molecule has 0 atom stereocenters. The van der Waals surface area contributed by atoms with Gasteiger partial charge in [0, 0.05) is 22.6 Å². The molecule has 0 aromatic heterocycles. The first-order valence-corrected chi connectivity index (χ1v) is 7.19. The predicted molar refractivity (Wildman–Crippen MR) is 81.4 cm³/mol. The van der Waals surface area contributed by atoms with Gasteiger partial charge in [-0.05, 0) is 36.8 Å². The third-order valence-corrected chi connectivity index (χ3v) is 3.68. The summed E-state index contributed by atoms with van der Waals surface area (Å²) in [5.74, 6) is 1.56. The van der Waals surface area contributed by atoms with Crippen LogP contribution in [0.3, 0.4) is 0 Å². The molecule has 4 heteroatoms. The molecule has 0 saturated carbocycles. The lowest BCUT2D eigenvalue weighted by Crippen LogP contribution is -2.00. The van der Waals surface area contributed by atoms with Crippen LogP contribution >= 0.6 is 11.6 Å². The van der Waals surface area contributed by atoms with Crippen LogP contribution in [0.4, 0.5) is 0 Å². The normalized spacial score (nSPS) is 12.7. The van der Waals surface area contributed by atoms with Crippen LogP contribution in [0.25, 0.3) is 0 Å². The monoisotopic (exact) mass is 302 g/mol. The minimum Gasteiger partial charge on any atom is -0.493 e. The molecule has 0 fully saturated rings. The van der Waals surface area contributed by atoms with Crippen molar-refractivity contribution in [1.82, 2.24) is 0 Å². The summed E-state index contributed by atoms with van der Waals surface area (Å²) in [6, 6.07) is 11.0. The number of Topliss-reactive ketones (excluding diaryl/α,β-unsaturated/α-hetero) is 1. The molecular weight excluding hydrogens is 288 g/mol. The fourth-order valence-electron chi connectivity index (χ4n) is 2.42. The highest BCUT2D eigenvalue weighted by atomic mass is 35.5. The molecule has 1 aliphatic rings. The van der Waals surface area contributed by atoms with Gasteiger partial charge < -0.3 is 9.47 Å². The number of hydrogen-bond acceptors (Lipinski definition) is 3. The van der Waals surface area contributed by atoms with Gasteiger partial charge in [-0.1, -0.05) is 23.7 Å². The maximum absolute atomic E-state index is 11.4. The summed E-state index contributed by atoms with van der Waals surface area (Å²) in [6.07, 6.45) is 0.878. The van der Waals surface area contributed by atoms with Crippen molar-refractivity contribution in [3.8, 4) is 11.5 Å². The van der Waals surface area contributed by atoms with Crippen molar-refractivity contribution in [3.63, 3.8) is 0 Å². The average Bonchev–Trinajstić information content (AvgIpc) is 2.93. The molecule has 0 saturated heterocycles. The van der Waals surface area contributed by atoms with Gasteiger partial charge in [-0.15, -0.1) is 0 Å². The lowest BCUT2D eigenvalue weighted by Gasteiger charge is -2.11. The number of fused-ring (bicyclic) bond motifs is 1. The summed E-state index contributed by atoms with van der Waals surface area (Å²) >= 11 is 6.12. The van der Waals surface area contributed by atoms with E-state index in [4.69, 9.17) is 21.1 Å². The highest BCUT2D eigenvalue weighted by Gasteiger charge is 2.18. The third kappa shape index (κ3) is 3.03. The molecule has 0 aliphatic carbocycles. The number of carbonyl (C=O) groups excluding carboxylic acids is 1. The molecule has 0 spiro atoms. The maximum atomic E-state index is 11.4. The Morgan fingerprint density at radius 2 is 2.19 bits per heavy atom. The Kier molecular flexibility index (Phi) is 3.84. The molecule has 1 aliphatic heterocycles. The standard InChI is InChI=1S/C17H15ClO3/c1-11(19)12-3-2-4-16(9-12)21-10-14-8-15(18)7-13-5-6-20-17(13)14/h2-4,7-9H,5-6,10H2,1H3. The van der Waals surface area contributed by atoms with Crippen molar-refractivity contribution >= 4 is 17.4 Å². The highest BCUT2D eigenvalue weighted by molar-refractivity contribution is 6.30. The van der Waals surface area contributed by atoms with Crippen LogP contribution in [-0.4, -0.2) is 12.4 Å². The summed E-state index contributed by atoms with van der Waals surface area (Å²) in [6.45, 7) is 2.59. The first-order chi connectivity index (χ1) is 10.1. The SMILES string of the molecule is CC(=O)c1cccc(OCc2cc(Cl)cc3c2OCC3)c1. The average molecular weight is 303 g/mol. The fraction of sp³-hybridized carbons (Fsp3) is 0.235. The molecule has 21 heavy (non-hydrogen) atoms. The summed E-state index contributed by atoms with van der Waals surface area (Å²) in [7, 11) is 0. The molecule has 2 aromatic carbocycles. The van der Waals surface area contributed by atoms with Crippen LogP contribution in [0.5, 0.6) is 11.5 Å². The number of benzene rings is 2. The molecule has 0 N–H and O–H groups in total. The van der Waals surface area contributed by atoms with E-state index >= 15 is 0 Å². The zero-order valence-corrected chi connectivity index (χ0v) is 12.4. The van der Waals surface area contributed by atoms with E-state index in [0.717, 1.165) is 23.3 Å². The Morgan fingerprint density at radius 1 is 1.33 bits per heavy atom. The topological polar surface area (TPSA) is 35.5 Å². The van der Waals surface area contributed by atoms with Gasteiger partial charge in [0.1, 0.15) is 18.1 Å². The fourth-order valence-corrected chi connectivity index (χ4v) is 2.68. The Bertz CT molecular complexity index is 694. The van der Waals surface area contributed by atoms with Crippen LogP contribution in [0.2, 0.25) is 5.02 Å². The molecule has 3 rings (SSSR count). The first-order valence-electron chi connectivity index (χ1n) is 6.81. The number of hydrogen-bond donors (Lipinski definition) is 0. The summed E-state index contributed by atoms with van der Waals surface area (Å²) in [4.78, 5) is 11.4. The van der Waals surface area contributed by atoms with Crippen LogP contribution in [0.15, 0.2) is 36.4 Å². The second-order valence-electron chi connectivity index (χ2n) is 5.02. The maximum Gasteiger partial charge on any atom is 0.159 e. The van der Waals surface area contributed by atoms with Crippen LogP contribution < -0.4 is 9.47 Å². The van der Waals surface area contributed by atoms with Crippen molar-refractivity contribution in [3.05, 3.63) is 58.1 Å². The van der Waals surface area contributed by atoms with E-state index < -0.39 is 0 Å². The van der Waals surface area contributed by atoms with Crippen molar-refractivity contribution in [2.75, 3.05) is 6.61 Å². The molecule has 1 heterocycles. The number of ether oxygens (including phenoxy) is 2. The zero-order chi connectivity index (χ0) is 14.8. The van der Waals surface area contributed by atoms with Crippen LogP contribution in [0, 0.1) is 0 Å². The van der Waals surface area contributed by atoms with E-state index in [1.807, 2.05) is 24.3 Å². The molecule has 2 aromatic rings.